The molecule has 0 spiro atoms. The molecule has 0 amide bonds. The summed E-state index contributed by atoms with van der Waals surface area (Å²) in [4.78, 5) is 19.1. The third-order valence-corrected chi connectivity index (χ3v) is 4.71. The minimum absolute atomic E-state index is 0.260. The first kappa shape index (κ1) is 15.1. The van der Waals surface area contributed by atoms with E-state index in [2.05, 4.69) is 29.8 Å². The second kappa shape index (κ2) is 6.11. The van der Waals surface area contributed by atoms with E-state index in [9.17, 15) is 4.79 Å². The van der Waals surface area contributed by atoms with Crippen LogP contribution in [0, 0.1) is 5.92 Å². The van der Waals surface area contributed by atoms with Gasteiger partial charge in [-0.25, -0.2) is 4.79 Å². The van der Waals surface area contributed by atoms with Crippen molar-refractivity contribution in [2.75, 3.05) is 25.1 Å². The molecular weight excluding hydrogens is 276 g/mol. The number of rotatable bonds is 3. The fourth-order valence-corrected chi connectivity index (χ4v) is 3.30. The summed E-state index contributed by atoms with van der Waals surface area (Å²) in [6.07, 6.45) is 5.25. The van der Waals surface area contributed by atoms with Crippen molar-refractivity contribution in [3.63, 3.8) is 0 Å². The maximum atomic E-state index is 12.2. The molecule has 22 heavy (non-hydrogen) atoms. The number of esters is 1. The zero-order chi connectivity index (χ0) is 15.7. The van der Waals surface area contributed by atoms with Crippen molar-refractivity contribution in [1.29, 1.82) is 0 Å². The maximum Gasteiger partial charge on any atom is 0.339 e. The van der Waals surface area contributed by atoms with Gasteiger partial charge in [0.15, 0.2) is 0 Å². The first-order chi connectivity index (χ1) is 10.6. The molecule has 0 radical (unpaired) electrons. The molecule has 1 fully saturated rings. The van der Waals surface area contributed by atoms with Gasteiger partial charge < -0.3 is 9.64 Å². The highest BCUT2D eigenvalue weighted by molar-refractivity contribution is 5.99. The largest absolute Gasteiger partial charge is 0.465 e. The van der Waals surface area contributed by atoms with Crippen LogP contribution in [0.4, 0.5) is 5.69 Å². The number of hydrogen-bond donors (Lipinski definition) is 0. The molecule has 2 aliphatic rings. The number of aliphatic imine (C=N–C) groups is 1. The molecule has 0 saturated carbocycles. The van der Waals surface area contributed by atoms with Crippen molar-refractivity contribution in [3.05, 3.63) is 28.8 Å². The number of carbonyl (C=O) groups excluding carboxylic acids is 1. The summed E-state index contributed by atoms with van der Waals surface area (Å²) in [5.74, 6) is 0.268. The fraction of sp³-hybridized carbons (Fsp3) is 0.556. The molecule has 4 heteroatoms. The Hall–Kier alpha value is -1.84. The lowest BCUT2D eigenvalue weighted by Gasteiger charge is -2.26. The summed E-state index contributed by atoms with van der Waals surface area (Å²) in [6.45, 7) is 6.45. The van der Waals surface area contributed by atoms with E-state index in [1.807, 2.05) is 12.3 Å². The van der Waals surface area contributed by atoms with Crippen molar-refractivity contribution in [3.8, 4) is 0 Å². The van der Waals surface area contributed by atoms with Crippen LogP contribution in [0.1, 0.15) is 48.2 Å². The molecule has 1 saturated heterocycles. The zero-order valence-electron chi connectivity index (χ0n) is 13.6. The molecule has 118 valence electrons. The summed E-state index contributed by atoms with van der Waals surface area (Å²) < 4.78 is 4.98. The number of fused-ring (bicyclic) bond motifs is 1. The van der Waals surface area contributed by atoms with Gasteiger partial charge >= 0.3 is 5.97 Å². The molecule has 3 rings (SSSR count). The lowest BCUT2D eigenvalue weighted by atomic mass is 9.90. The predicted octanol–water partition coefficient (Wildman–Crippen LogP) is 3.07. The molecule has 0 bridgehead atoms. The van der Waals surface area contributed by atoms with Crippen LogP contribution in [0.2, 0.25) is 0 Å². The second-order valence-electron chi connectivity index (χ2n) is 6.55. The smallest absolute Gasteiger partial charge is 0.339 e. The van der Waals surface area contributed by atoms with Gasteiger partial charge in [-0.3, -0.25) is 4.99 Å². The SMILES string of the molecule is COC(=O)c1cc2c(cc1N1CCCC1)CC(C(C)C)N=C2. The van der Waals surface area contributed by atoms with Gasteiger partial charge in [-0.05, 0) is 48.4 Å². The molecule has 4 nitrogen and oxygen atoms in total. The highest BCUT2D eigenvalue weighted by atomic mass is 16.5. The fourth-order valence-electron chi connectivity index (χ4n) is 3.30. The third kappa shape index (κ3) is 2.74. The van der Waals surface area contributed by atoms with Gasteiger partial charge in [0, 0.05) is 19.3 Å². The molecule has 1 aromatic rings. The maximum absolute atomic E-state index is 12.2. The van der Waals surface area contributed by atoms with Crippen molar-refractivity contribution >= 4 is 17.9 Å². The van der Waals surface area contributed by atoms with Gasteiger partial charge in [-0.1, -0.05) is 13.8 Å². The van der Waals surface area contributed by atoms with Crippen molar-refractivity contribution in [2.24, 2.45) is 10.9 Å². The van der Waals surface area contributed by atoms with Gasteiger partial charge in [0.05, 0.1) is 24.4 Å². The van der Waals surface area contributed by atoms with Crippen LogP contribution in [0.15, 0.2) is 17.1 Å². The summed E-state index contributed by atoms with van der Waals surface area (Å²) >= 11 is 0. The highest BCUT2D eigenvalue weighted by Crippen LogP contribution is 2.31. The monoisotopic (exact) mass is 300 g/mol. The molecule has 1 aromatic carbocycles. The van der Waals surface area contributed by atoms with E-state index in [1.165, 1.54) is 25.5 Å². The van der Waals surface area contributed by atoms with E-state index in [0.29, 0.717) is 17.5 Å². The Bertz CT molecular complexity index is 601. The number of anilines is 1. The Morgan fingerprint density at radius 1 is 1.32 bits per heavy atom. The molecule has 0 aliphatic carbocycles. The number of carbonyl (C=O) groups is 1. The summed E-state index contributed by atoms with van der Waals surface area (Å²) in [6, 6.07) is 4.48. The van der Waals surface area contributed by atoms with Gasteiger partial charge in [-0.15, -0.1) is 0 Å². The molecule has 0 N–H and O–H groups in total. The van der Waals surface area contributed by atoms with Crippen LogP contribution in [0.5, 0.6) is 0 Å². The molecule has 1 atom stereocenters. The van der Waals surface area contributed by atoms with Gasteiger partial charge in [0.25, 0.3) is 0 Å². The summed E-state index contributed by atoms with van der Waals surface area (Å²) in [5, 5.41) is 0. The third-order valence-electron chi connectivity index (χ3n) is 4.71. The number of ether oxygens (including phenoxy) is 1. The minimum atomic E-state index is -0.260. The number of hydrogen-bond acceptors (Lipinski definition) is 4. The van der Waals surface area contributed by atoms with Gasteiger partial charge in [0.1, 0.15) is 0 Å². The second-order valence-corrected chi connectivity index (χ2v) is 6.55. The quantitative estimate of drug-likeness (QED) is 0.806. The topological polar surface area (TPSA) is 41.9 Å². The van der Waals surface area contributed by atoms with Gasteiger partial charge in [0.2, 0.25) is 0 Å². The zero-order valence-corrected chi connectivity index (χ0v) is 13.6. The van der Waals surface area contributed by atoms with Crippen LogP contribution in [-0.4, -0.2) is 38.4 Å². The summed E-state index contributed by atoms with van der Waals surface area (Å²) in [7, 11) is 1.44. The summed E-state index contributed by atoms with van der Waals surface area (Å²) in [5.41, 5.74) is 4.04. The van der Waals surface area contributed by atoms with Crippen LogP contribution in [0.3, 0.4) is 0 Å². The molecule has 2 heterocycles. The number of benzene rings is 1. The molecule has 0 aromatic heterocycles. The van der Waals surface area contributed by atoms with Crippen molar-refractivity contribution in [1.82, 2.24) is 0 Å². The van der Waals surface area contributed by atoms with E-state index in [-0.39, 0.29) is 5.97 Å². The normalized spacial score (nSPS) is 20.4. The van der Waals surface area contributed by atoms with E-state index < -0.39 is 0 Å². The minimum Gasteiger partial charge on any atom is -0.465 e. The van der Waals surface area contributed by atoms with E-state index in [4.69, 9.17) is 4.74 Å². The number of methoxy groups -OCH3 is 1. The Morgan fingerprint density at radius 2 is 2.05 bits per heavy atom. The Balaban J connectivity index is 2.03. The standard InChI is InChI=1S/C18H24N2O2/c1-12(2)16-9-13-10-17(20-6-4-5-7-20)15(18(21)22-3)8-14(13)11-19-16/h8,10-12,16H,4-7,9H2,1-3H3. The lowest BCUT2D eigenvalue weighted by molar-refractivity contribution is 0.0601. The molecular formula is C18H24N2O2. The number of nitrogens with zero attached hydrogens (tertiary/aromatic N) is 2. The first-order valence-corrected chi connectivity index (χ1v) is 8.13. The average Bonchev–Trinajstić information content (AvgIpc) is 3.06. The van der Waals surface area contributed by atoms with E-state index in [0.717, 1.165) is 30.8 Å². The molecule has 2 aliphatic heterocycles. The van der Waals surface area contributed by atoms with Crippen LogP contribution in [-0.2, 0) is 11.2 Å². The Labute approximate surface area is 132 Å². The Morgan fingerprint density at radius 3 is 2.68 bits per heavy atom. The Kier molecular flexibility index (Phi) is 4.19. The van der Waals surface area contributed by atoms with Crippen LogP contribution in [0.25, 0.3) is 0 Å². The van der Waals surface area contributed by atoms with Crippen LogP contribution < -0.4 is 4.90 Å². The molecule has 1 unspecified atom stereocenters. The van der Waals surface area contributed by atoms with Crippen molar-refractivity contribution in [2.45, 2.75) is 39.2 Å². The van der Waals surface area contributed by atoms with E-state index in [1.54, 1.807) is 0 Å². The van der Waals surface area contributed by atoms with E-state index >= 15 is 0 Å². The predicted molar refractivity (Wildman–Crippen MR) is 89.2 cm³/mol. The van der Waals surface area contributed by atoms with Crippen LogP contribution >= 0.6 is 0 Å². The lowest BCUT2D eigenvalue weighted by Crippen LogP contribution is -2.25. The first-order valence-electron chi connectivity index (χ1n) is 8.13. The highest BCUT2D eigenvalue weighted by Gasteiger charge is 2.25. The van der Waals surface area contributed by atoms with Crippen molar-refractivity contribution < 1.29 is 9.53 Å². The van der Waals surface area contributed by atoms with Gasteiger partial charge in [-0.2, -0.15) is 0 Å². The average molecular weight is 300 g/mol.